The number of oxime groups is 1. The van der Waals surface area contributed by atoms with Crippen molar-refractivity contribution >= 4 is 11.7 Å². The minimum absolute atomic E-state index is 0.0340. The Morgan fingerprint density at radius 1 is 1.20 bits per heavy atom. The molecule has 10 atom stereocenters. The van der Waals surface area contributed by atoms with Crippen LogP contribution < -0.4 is 0 Å². The summed E-state index contributed by atoms with van der Waals surface area (Å²) in [5, 5.41) is 27.6. The highest BCUT2D eigenvalue weighted by molar-refractivity contribution is 5.88. The Morgan fingerprint density at radius 3 is 2.67 bits per heavy atom. The van der Waals surface area contributed by atoms with Crippen LogP contribution in [0.5, 0.6) is 0 Å². The van der Waals surface area contributed by atoms with E-state index in [2.05, 4.69) is 64.9 Å². The lowest BCUT2D eigenvalue weighted by Gasteiger charge is -2.50. The van der Waals surface area contributed by atoms with Gasteiger partial charge >= 0.3 is 5.97 Å². The Kier molecular flexibility index (Phi) is 10.5. The normalized spacial score (nSPS) is 44.5. The molecule has 4 aliphatic heterocycles. The van der Waals surface area contributed by atoms with E-state index in [0.717, 1.165) is 17.7 Å². The Bertz CT molecular complexity index is 1340. The van der Waals surface area contributed by atoms with Gasteiger partial charge in [0.2, 0.25) is 0 Å². The van der Waals surface area contributed by atoms with Crippen molar-refractivity contribution in [3.8, 4) is 0 Å². The van der Waals surface area contributed by atoms with Crippen molar-refractivity contribution in [2.45, 2.75) is 122 Å². The summed E-state index contributed by atoms with van der Waals surface area (Å²) in [6.07, 6.45) is 11.4. The average Bonchev–Trinajstić information content (AvgIpc) is 3.31. The quantitative estimate of drug-likeness (QED) is 0.229. The van der Waals surface area contributed by atoms with Crippen LogP contribution in [0.25, 0.3) is 0 Å². The van der Waals surface area contributed by atoms with E-state index in [4.69, 9.17) is 23.8 Å². The molecule has 254 valence electrons. The SMILES string of the molecule is CO/N=C1\C[C@]2(C[C@H]3C[C@@H](C/C=C(\C)C[C@H](C)/C=C/C=C4\CO[C@@H]5[C@H](O)C(C)=C[C@H](C(=O)O3)[C@]45O)O2)O[C@H](/C(C)=C/C(C)C)[C@@H]1C. The molecule has 0 saturated carbocycles. The molecule has 5 rings (SSSR count). The van der Waals surface area contributed by atoms with Gasteiger partial charge in [0.15, 0.2) is 5.79 Å². The molecule has 0 aromatic rings. The molecule has 0 unspecified atom stereocenters. The summed E-state index contributed by atoms with van der Waals surface area (Å²) >= 11 is 0. The minimum Gasteiger partial charge on any atom is -0.462 e. The zero-order valence-electron chi connectivity index (χ0n) is 28.7. The Hall–Kier alpha value is -2.56. The monoisotopic (exact) mass is 639 g/mol. The highest BCUT2D eigenvalue weighted by Crippen LogP contribution is 2.47. The number of aliphatic hydroxyl groups is 2. The van der Waals surface area contributed by atoms with Crippen molar-refractivity contribution in [1.29, 1.82) is 0 Å². The molecule has 5 aliphatic rings. The number of carbonyl (C=O) groups excluding carboxylic acids is 1. The smallest absolute Gasteiger partial charge is 0.316 e. The molecule has 1 spiro atoms. The lowest BCUT2D eigenvalue weighted by atomic mass is 9.71. The molecule has 0 amide bonds. The number of esters is 1. The number of ether oxygens (including phenoxy) is 4. The fraction of sp³-hybridized carbons (Fsp3) is 0.676. The van der Waals surface area contributed by atoms with Gasteiger partial charge in [-0.25, -0.2) is 0 Å². The third-order valence-corrected chi connectivity index (χ3v) is 10.1. The average molecular weight is 640 g/mol. The highest BCUT2D eigenvalue weighted by Gasteiger charge is 2.60. The van der Waals surface area contributed by atoms with Gasteiger partial charge in [0, 0.05) is 25.2 Å². The number of aliphatic hydroxyl groups excluding tert-OH is 1. The van der Waals surface area contributed by atoms with E-state index in [9.17, 15) is 15.0 Å². The Balaban J connectivity index is 1.55. The zero-order chi connectivity index (χ0) is 33.4. The van der Waals surface area contributed by atoms with Crippen molar-refractivity contribution in [3.05, 3.63) is 58.7 Å². The highest BCUT2D eigenvalue weighted by atomic mass is 16.7. The summed E-state index contributed by atoms with van der Waals surface area (Å²) in [4.78, 5) is 19.4. The maximum absolute atomic E-state index is 14.2. The standard InChI is InChI=1S/C37H53NO8/c1-21(2)14-25(6)33-26(7)31(38-42-8)19-36(46-33)18-29-17-28(45-36)13-12-23(4)15-22(3)10-9-11-27-20-43-34-32(39)24(5)16-30(35(40)44-29)37(27,34)41/h9-12,14,16,21-22,26,28-30,32-34,39,41H,13,15,17-20H2,1-8H3/b10-9+,23-12+,25-14+,27-11+,38-31+/t22-,26-,28-,29-,30-,32-,33-,34-,36+,37-/m1/s1. The number of hydrogen-bond acceptors (Lipinski definition) is 9. The van der Waals surface area contributed by atoms with Crippen molar-refractivity contribution in [2.75, 3.05) is 13.7 Å². The van der Waals surface area contributed by atoms with Crippen LogP contribution in [-0.2, 0) is 28.6 Å². The second-order valence-corrected chi connectivity index (χ2v) is 14.5. The maximum atomic E-state index is 14.2. The van der Waals surface area contributed by atoms with E-state index < -0.39 is 41.6 Å². The van der Waals surface area contributed by atoms with Crippen LogP contribution in [0.2, 0.25) is 0 Å². The first kappa shape index (κ1) is 34.8. The van der Waals surface area contributed by atoms with Gasteiger partial charge in [0.1, 0.15) is 36.9 Å². The summed E-state index contributed by atoms with van der Waals surface area (Å²) < 4.78 is 26.0. The summed E-state index contributed by atoms with van der Waals surface area (Å²) in [5.41, 5.74) is 2.54. The molecule has 0 radical (unpaired) electrons. The molecular weight excluding hydrogens is 586 g/mol. The van der Waals surface area contributed by atoms with Gasteiger partial charge in [-0.2, -0.15) is 0 Å². The van der Waals surface area contributed by atoms with Crippen LogP contribution in [-0.4, -0.2) is 77.5 Å². The zero-order valence-corrected chi connectivity index (χ0v) is 28.7. The molecule has 46 heavy (non-hydrogen) atoms. The van der Waals surface area contributed by atoms with Crippen molar-refractivity contribution < 1.29 is 38.8 Å². The van der Waals surface area contributed by atoms with E-state index >= 15 is 0 Å². The predicted octanol–water partition coefficient (Wildman–Crippen LogP) is 5.73. The fourth-order valence-corrected chi connectivity index (χ4v) is 7.94. The maximum Gasteiger partial charge on any atom is 0.316 e. The number of allylic oxidation sites excluding steroid dienone is 5. The number of nitrogens with zero attached hydrogens (tertiary/aromatic N) is 1. The molecule has 3 fully saturated rings. The molecular formula is C37H53NO8. The third kappa shape index (κ3) is 6.99. The molecule has 2 bridgehead atoms. The summed E-state index contributed by atoms with van der Waals surface area (Å²) in [5.74, 6) is -2.15. The first-order valence-corrected chi connectivity index (χ1v) is 16.8. The summed E-state index contributed by atoms with van der Waals surface area (Å²) in [6, 6.07) is 0. The summed E-state index contributed by atoms with van der Waals surface area (Å²) in [7, 11) is 1.55. The van der Waals surface area contributed by atoms with Crippen LogP contribution in [0, 0.1) is 23.7 Å². The second kappa shape index (κ2) is 13.9. The third-order valence-electron chi connectivity index (χ3n) is 10.1. The number of carbonyl (C=O) groups is 1. The Morgan fingerprint density at radius 2 is 1.96 bits per heavy atom. The van der Waals surface area contributed by atoms with Crippen LogP contribution in [0.4, 0.5) is 0 Å². The van der Waals surface area contributed by atoms with Crippen LogP contribution in [0.1, 0.15) is 80.6 Å². The van der Waals surface area contributed by atoms with E-state index in [-0.39, 0.29) is 30.7 Å². The Labute approximate surface area is 274 Å². The number of hydrogen-bond donors (Lipinski definition) is 2. The summed E-state index contributed by atoms with van der Waals surface area (Å²) in [6.45, 7) is 14.6. The van der Waals surface area contributed by atoms with Gasteiger partial charge < -0.3 is 34.0 Å². The van der Waals surface area contributed by atoms with Gasteiger partial charge in [0.05, 0.1) is 24.5 Å². The lowest BCUT2D eigenvalue weighted by Crippen LogP contribution is -2.59. The van der Waals surface area contributed by atoms with Crippen LogP contribution in [0.3, 0.4) is 0 Å². The van der Waals surface area contributed by atoms with Gasteiger partial charge in [-0.15, -0.1) is 0 Å². The van der Waals surface area contributed by atoms with E-state index in [1.165, 1.54) is 5.57 Å². The van der Waals surface area contributed by atoms with Crippen molar-refractivity contribution in [1.82, 2.24) is 0 Å². The van der Waals surface area contributed by atoms with Crippen molar-refractivity contribution in [2.24, 2.45) is 28.8 Å². The molecule has 9 heteroatoms. The predicted molar refractivity (Wildman–Crippen MR) is 176 cm³/mol. The molecule has 0 aromatic heterocycles. The molecule has 1 aliphatic carbocycles. The minimum atomic E-state index is -1.74. The van der Waals surface area contributed by atoms with Crippen LogP contribution >= 0.6 is 0 Å². The molecule has 0 aromatic carbocycles. The van der Waals surface area contributed by atoms with Crippen molar-refractivity contribution in [3.63, 3.8) is 0 Å². The van der Waals surface area contributed by atoms with Gasteiger partial charge in [-0.05, 0) is 62.2 Å². The number of fused-ring (bicyclic) bond motifs is 2. The number of rotatable bonds is 3. The molecule has 3 saturated heterocycles. The second-order valence-electron chi connectivity index (χ2n) is 14.5. The first-order valence-electron chi connectivity index (χ1n) is 16.8. The first-order chi connectivity index (χ1) is 21.8. The molecule has 9 nitrogen and oxygen atoms in total. The molecule has 2 N–H and O–H groups in total. The van der Waals surface area contributed by atoms with E-state index in [1.54, 1.807) is 20.1 Å². The van der Waals surface area contributed by atoms with Gasteiger partial charge in [-0.1, -0.05) is 74.9 Å². The lowest BCUT2D eigenvalue weighted by molar-refractivity contribution is -0.313. The molecule has 4 heterocycles. The van der Waals surface area contributed by atoms with Crippen LogP contribution in [0.15, 0.2) is 63.9 Å². The fourth-order valence-electron chi connectivity index (χ4n) is 7.94. The van der Waals surface area contributed by atoms with E-state index in [1.807, 2.05) is 12.2 Å². The van der Waals surface area contributed by atoms with Gasteiger partial charge in [-0.3, -0.25) is 4.79 Å². The largest absolute Gasteiger partial charge is 0.462 e. The topological polar surface area (TPSA) is 116 Å². The van der Waals surface area contributed by atoms with E-state index in [0.29, 0.717) is 42.7 Å². The van der Waals surface area contributed by atoms with Gasteiger partial charge in [0.25, 0.3) is 0 Å².